The van der Waals surface area contributed by atoms with Gasteiger partial charge in [-0.15, -0.1) is 0 Å². The molecule has 1 saturated carbocycles. The van der Waals surface area contributed by atoms with Crippen LogP contribution >= 0.6 is 0 Å². The van der Waals surface area contributed by atoms with Gasteiger partial charge in [-0.1, -0.05) is 40.0 Å². The van der Waals surface area contributed by atoms with E-state index >= 15 is 0 Å². The van der Waals surface area contributed by atoms with E-state index in [9.17, 15) is 0 Å². The van der Waals surface area contributed by atoms with Crippen LogP contribution in [0.5, 0.6) is 0 Å². The van der Waals surface area contributed by atoms with Crippen molar-refractivity contribution in [2.45, 2.75) is 45.1 Å². The summed E-state index contributed by atoms with van der Waals surface area (Å²) in [7, 11) is 0. The van der Waals surface area contributed by atoms with Gasteiger partial charge in [0.2, 0.25) is 0 Å². The number of rotatable bonds is 3. The molecule has 1 aliphatic rings. The maximum Gasteiger partial charge on any atom is 0.00709 e. The highest BCUT2D eigenvalue weighted by Gasteiger charge is 2.30. The average molecular weight is 155 g/mol. The number of hydrogen-bond acceptors (Lipinski definition) is 1. The standard InChI is InChI=1S/C5H10N.C5H11/c1-2-4-3-5(4)6;1-3-5-4-2/h4-5H,1-3,6H2;1,3-5H2,2H3. The van der Waals surface area contributed by atoms with Gasteiger partial charge in [-0.25, -0.2) is 0 Å². The van der Waals surface area contributed by atoms with Gasteiger partial charge < -0.3 is 5.73 Å². The molecule has 1 heteroatoms. The molecule has 2 unspecified atom stereocenters. The maximum absolute atomic E-state index is 5.44. The van der Waals surface area contributed by atoms with Crippen LogP contribution in [-0.2, 0) is 0 Å². The average Bonchev–Trinajstić information content (AvgIpc) is 2.69. The monoisotopic (exact) mass is 155 g/mol. The lowest BCUT2D eigenvalue weighted by atomic mass is 10.3. The highest BCUT2D eigenvalue weighted by molar-refractivity contribution is 4.89. The third-order valence-electron chi connectivity index (χ3n) is 1.95. The third kappa shape index (κ3) is 6.36. The van der Waals surface area contributed by atoms with Crippen LogP contribution in [0.4, 0.5) is 0 Å². The lowest BCUT2D eigenvalue weighted by molar-refractivity contribution is 0.807. The summed E-state index contributed by atoms with van der Waals surface area (Å²) in [5, 5.41) is 0. The van der Waals surface area contributed by atoms with Crippen molar-refractivity contribution >= 4 is 0 Å². The highest BCUT2D eigenvalue weighted by atomic mass is 14.7. The summed E-state index contributed by atoms with van der Waals surface area (Å²) in [6.45, 7) is 9.57. The molecular formula is C10H21N. The first-order chi connectivity index (χ1) is 5.26. The van der Waals surface area contributed by atoms with Crippen LogP contribution in [0.15, 0.2) is 0 Å². The van der Waals surface area contributed by atoms with E-state index in [-0.39, 0.29) is 0 Å². The number of nitrogens with two attached hydrogens (primary N) is 1. The Bertz CT molecular complexity index is 76.9. The summed E-state index contributed by atoms with van der Waals surface area (Å²) in [6, 6.07) is 0.502. The Morgan fingerprint density at radius 2 is 2.00 bits per heavy atom. The van der Waals surface area contributed by atoms with Crippen LogP contribution in [0.2, 0.25) is 0 Å². The summed E-state index contributed by atoms with van der Waals surface area (Å²) >= 11 is 0. The van der Waals surface area contributed by atoms with Crippen LogP contribution in [0.1, 0.15) is 39.0 Å². The van der Waals surface area contributed by atoms with Crippen LogP contribution < -0.4 is 5.73 Å². The molecule has 0 spiro atoms. The quantitative estimate of drug-likeness (QED) is 0.666. The molecule has 1 nitrogen and oxygen atoms in total. The zero-order valence-corrected chi connectivity index (χ0v) is 7.68. The minimum atomic E-state index is 0.502. The van der Waals surface area contributed by atoms with E-state index in [2.05, 4.69) is 20.8 Å². The molecule has 2 atom stereocenters. The molecule has 0 heterocycles. The first-order valence-electron chi connectivity index (χ1n) is 4.60. The van der Waals surface area contributed by atoms with Crippen molar-refractivity contribution < 1.29 is 0 Å². The number of unbranched alkanes of at least 4 members (excludes halogenated alkanes) is 2. The van der Waals surface area contributed by atoms with E-state index in [1.165, 1.54) is 19.3 Å². The predicted octanol–water partition coefficient (Wildman–Crippen LogP) is 2.57. The smallest absolute Gasteiger partial charge is 0.00709 e. The second-order valence-corrected chi connectivity index (χ2v) is 3.16. The SMILES string of the molecule is [CH2]CC1CC1N.[CH2]CCCC. The largest absolute Gasteiger partial charge is 0.327 e. The molecule has 1 fully saturated rings. The van der Waals surface area contributed by atoms with Gasteiger partial charge in [0.25, 0.3) is 0 Å². The van der Waals surface area contributed by atoms with Crippen molar-refractivity contribution in [1.82, 2.24) is 0 Å². The zero-order valence-electron chi connectivity index (χ0n) is 7.68. The van der Waals surface area contributed by atoms with Crippen LogP contribution in [0, 0.1) is 19.8 Å². The molecule has 2 N–H and O–H groups in total. The Balaban J connectivity index is 0.000000187. The van der Waals surface area contributed by atoms with Crippen LogP contribution in [0.3, 0.4) is 0 Å². The second kappa shape index (κ2) is 6.66. The van der Waals surface area contributed by atoms with Crippen LogP contribution in [-0.4, -0.2) is 6.04 Å². The molecule has 0 aromatic rings. The second-order valence-electron chi connectivity index (χ2n) is 3.16. The molecule has 2 radical (unpaired) electrons. The fraction of sp³-hybridized carbons (Fsp3) is 0.800. The van der Waals surface area contributed by atoms with Crippen molar-refractivity contribution in [2.75, 3.05) is 0 Å². The Morgan fingerprint density at radius 3 is 2.00 bits per heavy atom. The van der Waals surface area contributed by atoms with Crippen molar-refractivity contribution in [3.63, 3.8) is 0 Å². The lowest BCUT2D eigenvalue weighted by Crippen LogP contribution is -2.00. The van der Waals surface area contributed by atoms with Gasteiger partial charge >= 0.3 is 0 Å². The van der Waals surface area contributed by atoms with Crippen molar-refractivity contribution in [3.05, 3.63) is 13.8 Å². The predicted molar refractivity (Wildman–Crippen MR) is 50.9 cm³/mol. The van der Waals surface area contributed by atoms with Gasteiger partial charge in [-0.3, -0.25) is 0 Å². The summed E-state index contributed by atoms with van der Waals surface area (Å²) in [4.78, 5) is 0. The molecule has 0 aromatic carbocycles. The Morgan fingerprint density at radius 1 is 1.45 bits per heavy atom. The van der Waals surface area contributed by atoms with Crippen molar-refractivity contribution in [3.8, 4) is 0 Å². The molecule has 0 amide bonds. The molecule has 11 heavy (non-hydrogen) atoms. The van der Waals surface area contributed by atoms with E-state index in [1.54, 1.807) is 0 Å². The number of hydrogen-bond donors (Lipinski definition) is 1. The van der Waals surface area contributed by atoms with E-state index in [0.717, 1.165) is 18.8 Å². The fourth-order valence-electron chi connectivity index (χ4n) is 0.853. The summed E-state index contributed by atoms with van der Waals surface area (Å²) in [5.74, 6) is 0.769. The first-order valence-corrected chi connectivity index (χ1v) is 4.60. The summed E-state index contributed by atoms with van der Waals surface area (Å²) in [5.41, 5.74) is 5.44. The van der Waals surface area contributed by atoms with Crippen LogP contribution in [0.25, 0.3) is 0 Å². The van der Waals surface area contributed by atoms with Gasteiger partial charge in [0, 0.05) is 6.04 Å². The Hall–Kier alpha value is -0.0400. The Labute approximate surface area is 71.4 Å². The van der Waals surface area contributed by atoms with Gasteiger partial charge in [0.1, 0.15) is 0 Å². The normalized spacial score (nSPS) is 27.3. The van der Waals surface area contributed by atoms with Crippen molar-refractivity contribution in [2.24, 2.45) is 11.7 Å². The minimum Gasteiger partial charge on any atom is -0.327 e. The van der Waals surface area contributed by atoms with E-state index in [1.807, 2.05) is 0 Å². The zero-order chi connectivity index (χ0) is 8.69. The van der Waals surface area contributed by atoms with Crippen molar-refractivity contribution in [1.29, 1.82) is 0 Å². The molecule has 0 bridgehead atoms. The Kier molecular flexibility index (Phi) is 6.63. The molecular weight excluding hydrogens is 134 g/mol. The maximum atomic E-state index is 5.44. The molecule has 1 aliphatic carbocycles. The molecule has 1 rings (SSSR count). The third-order valence-corrected chi connectivity index (χ3v) is 1.95. The van der Waals surface area contributed by atoms with Gasteiger partial charge in [-0.2, -0.15) is 0 Å². The van der Waals surface area contributed by atoms with E-state index < -0.39 is 0 Å². The summed E-state index contributed by atoms with van der Waals surface area (Å²) < 4.78 is 0. The minimum absolute atomic E-state index is 0.502. The van der Waals surface area contributed by atoms with E-state index in [4.69, 9.17) is 5.73 Å². The van der Waals surface area contributed by atoms with E-state index in [0.29, 0.717) is 6.04 Å². The highest BCUT2D eigenvalue weighted by Crippen LogP contribution is 2.30. The topological polar surface area (TPSA) is 26.0 Å². The molecule has 0 saturated heterocycles. The fourth-order valence-corrected chi connectivity index (χ4v) is 0.853. The van der Waals surface area contributed by atoms with Gasteiger partial charge in [-0.05, 0) is 18.8 Å². The molecule has 0 aliphatic heterocycles. The van der Waals surface area contributed by atoms with Gasteiger partial charge in [0.15, 0.2) is 0 Å². The van der Waals surface area contributed by atoms with Gasteiger partial charge in [0.05, 0.1) is 0 Å². The molecule has 0 aromatic heterocycles. The summed E-state index contributed by atoms with van der Waals surface area (Å²) in [6.07, 6.45) is 5.89. The lowest BCUT2D eigenvalue weighted by Gasteiger charge is -1.79. The first kappa shape index (κ1) is 11.0. The molecule has 66 valence electrons.